The number of aliphatic hydroxyl groups excluding tert-OH is 1. The number of hydrogen-bond acceptors (Lipinski definition) is 14. The van der Waals surface area contributed by atoms with Gasteiger partial charge in [0.1, 0.15) is 66.5 Å². The molecule has 0 bridgehead atoms. The number of nitrogens with zero attached hydrogens (tertiary/aromatic N) is 8. The third-order valence-electron chi connectivity index (χ3n) is 16.8. The van der Waals surface area contributed by atoms with Crippen molar-refractivity contribution >= 4 is 65.0 Å². The summed E-state index contributed by atoms with van der Waals surface area (Å²) in [5.41, 5.74) is 0. The van der Waals surface area contributed by atoms with Gasteiger partial charge in [0, 0.05) is 60.7 Å². The Kier molecular flexibility index (Phi) is 32.7. The fraction of sp³-hybridized carbons (Fsp3) is 0.794. The molecule has 1 fully saturated rings. The van der Waals surface area contributed by atoms with Crippen molar-refractivity contribution in [2.24, 2.45) is 41.4 Å². The highest BCUT2D eigenvalue weighted by atomic mass is 16.6. The predicted molar refractivity (Wildman–Crippen MR) is 339 cm³/mol. The second-order valence-electron chi connectivity index (χ2n) is 26.7. The van der Waals surface area contributed by atoms with E-state index in [1.54, 1.807) is 74.5 Å². The van der Waals surface area contributed by atoms with Gasteiger partial charge in [-0.05, 0) is 94.3 Å². The first-order valence-corrected chi connectivity index (χ1v) is 31.5. The quantitative estimate of drug-likeness (QED) is 0.0795. The Morgan fingerprint density at radius 3 is 1.33 bits per heavy atom. The molecule has 508 valence electrons. The molecule has 0 aromatic heterocycles. The Bertz CT molecular complexity index is 2490. The minimum atomic E-state index is -1.71. The van der Waals surface area contributed by atoms with E-state index in [2.05, 4.69) is 21.3 Å². The number of carbonyl (C=O) groups excluding carboxylic acids is 11. The molecule has 0 radical (unpaired) electrons. The molecule has 0 unspecified atom stereocenters. The molecule has 26 nitrogen and oxygen atoms in total. The molecule has 1 aliphatic rings. The summed E-state index contributed by atoms with van der Waals surface area (Å²) in [7, 11) is 9.47. The zero-order valence-electron chi connectivity index (χ0n) is 57.9. The lowest BCUT2D eigenvalue weighted by atomic mass is 9.91. The summed E-state index contributed by atoms with van der Waals surface area (Å²) in [6.07, 6.45) is 1.88. The first-order valence-electron chi connectivity index (χ1n) is 31.5. The summed E-state index contributed by atoms with van der Waals surface area (Å²) < 4.78 is 0. The Morgan fingerprint density at radius 2 is 0.876 bits per heavy atom. The van der Waals surface area contributed by atoms with Gasteiger partial charge < -0.3 is 60.7 Å². The molecule has 1 rings (SSSR count). The van der Waals surface area contributed by atoms with Gasteiger partial charge in [-0.25, -0.2) is 0 Å². The molecular formula is C63H112N12O14. The van der Waals surface area contributed by atoms with E-state index >= 15 is 9.59 Å². The Balaban J connectivity index is 4.48. The first-order chi connectivity index (χ1) is 41.0. The smallest absolute Gasteiger partial charge is 0.246 e. The number of likely N-dealkylation sites (N-methyl/N-ethyl adjacent to an activating group) is 7. The van der Waals surface area contributed by atoms with Crippen molar-refractivity contribution < 1.29 is 62.8 Å². The SMILES string of the molecule is CC=CC[C@@H](C)[C@@H](O)[C@H]1C(=O)N[C@@H](CC)C(=O)N(C)[C@H](CC[N+](=O)[O-])C(=O)N(C)[C@@H](C(C)C)C(=O)N[C@@H](C(C)C)C(=O)N(C)[C@@H](CC(C)C)C(=O)N[C@@H](C)C(=O)N[C@H](C)C(=O)N(C)[C@@H](CC(C)C)C(=O)N(C)[C@@H](CC(C)C)C(=O)N(C)[C@@H](C(C)C)C(=O)N1C. The van der Waals surface area contributed by atoms with Gasteiger partial charge in [0.25, 0.3) is 0 Å². The van der Waals surface area contributed by atoms with Crippen molar-refractivity contribution in [1.29, 1.82) is 0 Å². The molecular weight excluding hydrogens is 1150 g/mol. The Morgan fingerprint density at radius 1 is 0.472 bits per heavy atom. The highest BCUT2D eigenvalue weighted by Gasteiger charge is 2.47. The lowest BCUT2D eigenvalue weighted by molar-refractivity contribution is -0.481. The van der Waals surface area contributed by atoms with E-state index in [9.17, 15) is 58.4 Å². The number of amides is 11. The van der Waals surface area contributed by atoms with Crippen molar-refractivity contribution in [3.63, 3.8) is 0 Å². The van der Waals surface area contributed by atoms with Gasteiger partial charge in [-0.3, -0.25) is 62.9 Å². The average molecular weight is 1260 g/mol. The number of rotatable bonds is 17. The Hall–Kier alpha value is -6.73. The molecule has 0 saturated carbocycles. The van der Waals surface area contributed by atoms with E-state index in [4.69, 9.17) is 0 Å². The van der Waals surface area contributed by atoms with E-state index in [1.165, 1.54) is 82.8 Å². The van der Waals surface area contributed by atoms with Crippen LogP contribution in [0, 0.1) is 51.5 Å². The fourth-order valence-corrected chi connectivity index (χ4v) is 11.4. The second kappa shape index (κ2) is 36.2. The molecule has 0 aromatic carbocycles. The van der Waals surface area contributed by atoms with Gasteiger partial charge in [-0.2, -0.15) is 0 Å². The monoisotopic (exact) mass is 1260 g/mol. The topological polar surface area (TPSA) is 322 Å². The number of nitrogens with one attached hydrogen (secondary N) is 4. The van der Waals surface area contributed by atoms with Crippen LogP contribution in [0.4, 0.5) is 0 Å². The van der Waals surface area contributed by atoms with Gasteiger partial charge in [0.2, 0.25) is 71.5 Å². The van der Waals surface area contributed by atoms with E-state index < -0.39 is 179 Å². The largest absolute Gasteiger partial charge is 0.390 e. The molecule has 13 atom stereocenters. The number of aliphatic hydroxyl groups is 1. The maximum absolute atomic E-state index is 15.2. The number of carbonyl (C=O) groups is 11. The van der Waals surface area contributed by atoms with Crippen LogP contribution in [0.2, 0.25) is 0 Å². The van der Waals surface area contributed by atoms with Crippen LogP contribution in [0.3, 0.4) is 0 Å². The van der Waals surface area contributed by atoms with Crippen LogP contribution in [0.25, 0.3) is 0 Å². The minimum Gasteiger partial charge on any atom is -0.390 e. The van der Waals surface area contributed by atoms with Gasteiger partial charge >= 0.3 is 0 Å². The van der Waals surface area contributed by atoms with E-state index in [1.807, 2.05) is 41.5 Å². The van der Waals surface area contributed by atoms with E-state index in [0.717, 1.165) is 14.7 Å². The summed E-state index contributed by atoms with van der Waals surface area (Å²) >= 11 is 0. The van der Waals surface area contributed by atoms with Crippen molar-refractivity contribution in [3.8, 4) is 0 Å². The van der Waals surface area contributed by atoms with Crippen molar-refractivity contribution in [3.05, 3.63) is 22.3 Å². The summed E-state index contributed by atoms with van der Waals surface area (Å²) in [4.78, 5) is 181. The highest BCUT2D eigenvalue weighted by molar-refractivity contribution is 6.00. The Labute approximate surface area is 529 Å². The average Bonchev–Trinajstić information content (AvgIpc) is 0.947. The summed E-state index contributed by atoms with van der Waals surface area (Å²) in [5.74, 6) is -11.6. The normalized spacial score (nSPS) is 27.0. The van der Waals surface area contributed by atoms with Crippen LogP contribution in [-0.2, 0) is 52.7 Å². The van der Waals surface area contributed by atoms with Crippen LogP contribution < -0.4 is 21.3 Å². The summed E-state index contributed by atoms with van der Waals surface area (Å²) in [6.45, 7) is 28.1. The lowest BCUT2D eigenvalue weighted by Gasteiger charge is -2.41. The minimum absolute atomic E-state index is 0.109. The molecule has 5 N–H and O–H groups in total. The van der Waals surface area contributed by atoms with Gasteiger partial charge in [-0.1, -0.05) is 109 Å². The van der Waals surface area contributed by atoms with E-state index in [-0.39, 0.29) is 49.9 Å². The third-order valence-corrected chi connectivity index (χ3v) is 16.8. The predicted octanol–water partition coefficient (Wildman–Crippen LogP) is 2.91. The molecule has 0 spiro atoms. The zero-order chi connectivity index (χ0) is 69.1. The molecule has 26 heteroatoms. The number of hydrogen-bond donors (Lipinski definition) is 5. The van der Waals surface area contributed by atoms with Gasteiger partial charge in [0.05, 0.1) is 6.10 Å². The maximum atomic E-state index is 15.2. The lowest BCUT2D eigenvalue weighted by Crippen LogP contribution is -2.64. The molecule has 89 heavy (non-hydrogen) atoms. The van der Waals surface area contributed by atoms with Crippen LogP contribution in [0.15, 0.2) is 12.2 Å². The maximum Gasteiger partial charge on any atom is 0.246 e. The summed E-state index contributed by atoms with van der Waals surface area (Å²) in [5, 5.41) is 35.0. The van der Waals surface area contributed by atoms with Crippen molar-refractivity contribution in [2.45, 2.75) is 229 Å². The van der Waals surface area contributed by atoms with E-state index in [0.29, 0.717) is 0 Å². The van der Waals surface area contributed by atoms with Gasteiger partial charge in [-0.15, -0.1) is 0 Å². The molecule has 0 aromatic rings. The zero-order valence-corrected chi connectivity index (χ0v) is 57.9. The molecule has 1 heterocycles. The van der Waals surface area contributed by atoms with Crippen LogP contribution >= 0.6 is 0 Å². The molecule has 0 aliphatic carbocycles. The van der Waals surface area contributed by atoms with Gasteiger partial charge in [0.15, 0.2) is 0 Å². The highest BCUT2D eigenvalue weighted by Crippen LogP contribution is 2.26. The first kappa shape index (κ1) is 80.3. The van der Waals surface area contributed by atoms with Crippen molar-refractivity contribution in [2.75, 3.05) is 55.9 Å². The standard InChI is InChI=1S/C63H112N12O14/c1-25-27-28-40(15)52(76)51-56(80)66-43(26-2)58(82)68(18)44(29-30-75(88)89)59(83)72(22)49(38(11)12)55(79)67-48(37(9)10)62(86)69(19)45(31-34(3)4)54(78)64-41(16)53(77)65-42(17)57(81)70(20)46(32-35(5)6)60(84)71(21)47(33-36(7)8)61(85)73(23)50(39(13)14)63(87)74(51)24/h25,27,34-52,76H,26,28-33H2,1-24H3,(H,64,78)(H,65,77)(H,66,80)(H,67,79)/t40-,41+,42-,43+,44-,45+,46+,47+,48+,49+,50+,51+,52-/m1/s1. The third kappa shape index (κ3) is 22.0. The van der Waals surface area contributed by atoms with Crippen LogP contribution in [0.5, 0.6) is 0 Å². The number of allylic oxidation sites excluding steroid dienone is 2. The number of nitro groups is 1. The summed E-state index contributed by atoms with van der Waals surface area (Å²) in [6, 6.07) is -14.8. The molecule has 1 aliphatic heterocycles. The molecule has 11 amide bonds. The van der Waals surface area contributed by atoms with Crippen molar-refractivity contribution in [1.82, 2.24) is 55.6 Å². The fourth-order valence-electron chi connectivity index (χ4n) is 11.4. The van der Waals surface area contributed by atoms with Crippen LogP contribution in [-0.4, -0.2) is 238 Å². The second-order valence-corrected chi connectivity index (χ2v) is 26.7. The molecule has 1 saturated heterocycles. The van der Waals surface area contributed by atoms with Crippen LogP contribution in [0.1, 0.15) is 156 Å².